The number of methoxy groups -OCH3 is 1. The fraction of sp³-hybridized carbons (Fsp3) is 0.500. The van der Waals surface area contributed by atoms with E-state index < -0.39 is 0 Å². The third-order valence-corrected chi connectivity index (χ3v) is 2.51. The number of nitrogens with zero attached hydrogens (tertiary/aromatic N) is 1. The molecule has 0 saturated carbocycles. The summed E-state index contributed by atoms with van der Waals surface area (Å²) in [6.07, 6.45) is 0. The Balaban J connectivity index is 3.00. The van der Waals surface area contributed by atoms with E-state index >= 15 is 0 Å². The van der Waals surface area contributed by atoms with Gasteiger partial charge in [-0.2, -0.15) is 0 Å². The molecule has 0 atom stereocenters. The van der Waals surface area contributed by atoms with E-state index in [1.807, 2.05) is 18.2 Å². The third kappa shape index (κ3) is 2.79. The molecule has 3 N–H and O–H groups in total. The molecular weight excluding hydrogens is 204 g/mol. The van der Waals surface area contributed by atoms with E-state index in [4.69, 9.17) is 15.6 Å². The molecule has 0 spiro atoms. The number of anilines is 2. The van der Waals surface area contributed by atoms with Gasteiger partial charge in [0.1, 0.15) is 5.75 Å². The van der Waals surface area contributed by atoms with E-state index in [0.29, 0.717) is 24.0 Å². The van der Waals surface area contributed by atoms with Crippen LogP contribution in [0.5, 0.6) is 5.75 Å². The highest BCUT2D eigenvalue weighted by Gasteiger charge is 2.11. The van der Waals surface area contributed by atoms with Gasteiger partial charge in [-0.25, -0.2) is 0 Å². The van der Waals surface area contributed by atoms with E-state index in [0.717, 1.165) is 5.69 Å². The molecule has 16 heavy (non-hydrogen) atoms. The second-order valence-corrected chi connectivity index (χ2v) is 3.94. The first-order valence-corrected chi connectivity index (χ1v) is 5.41. The average Bonchev–Trinajstić information content (AvgIpc) is 2.26. The summed E-state index contributed by atoms with van der Waals surface area (Å²) in [5.41, 5.74) is 7.39. The van der Waals surface area contributed by atoms with Gasteiger partial charge in [0.05, 0.1) is 19.4 Å². The van der Waals surface area contributed by atoms with Crippen LogP contribution in [0.2, 0.25) is 0 Å². The number of nitrogen functional groups attached to an aromatic ring is 1. The van der Waals surface area contributed by atoms with Crippen molar-refractivity contribution in [1.82, 2.24) is 0 Å². The van der Waals surface area contributed by atoms with E-state index in [-0.39, 0.29) is 6.61 Å². The summed E-state index contributed by atoms with van der Waals surface area (Å²) in [5, 5.41) is 9.03. The lowest BCUT2D eigenvalue weighted by molar-refractivity contribution is 0.299. The summed E-state index contributed by atoms with van der Waals surface area (Å²) in [7, 11) is 1.60. The quantitative estimate of drug-likeness (QED) is 0.744. The maximum atomic E-state index is 9.03. The minimum atomic E-state index is 0.130. The van der Waals surface area contributed by atoms with E-state index in [1.165, 1.54) is 0 Å². The Hall–Kier alpha value is -1.42. The van der Waals surface area contributed by atoms with Gasteiger partial charge in [0, 0.05) is 24.3 Å². The van der Waals surface area contributed by atoms with Crippen molar-refractivity contribution < 1.29 is 9.84 Å². The second kappa shape index (κ2) is 5.61. The number of hydrogen-bond donors (Lipinski definition) is 2. The van der Waals surface area contributed by atoms with Gasteiger partial charge in [-0.3, -0.25) is 0 Å². The van der Waals surface area contributed by atoms with Crippen LogP contribution in [-0.2, 0) is 0 Å². The SMILES string of the molecule is COc1cc(N(CCO)C(C)C)ccc1N. The van der Waals surface area contributed by atoms with Crippen molar-refractivity contribution in [2.75, 3.05) is 30.9 Å². The zero-order valence-corrected chi connectivity index (χ0v) is 10.1. The number of ether oxygens (including phenoxy) is 1. The first kappa shape index (κ1) is 12.6. The number of benzene rings is 1. The van der Waals surface area contributed by atoms with Gasteiger partial charge in [-0.05, 0) is 26.0 Å². The van der Waals surface area contributed by atoms with Gasteiger partial charge in [0.15, 0.2) is 0 Å². The summed E-state index contributed by atoms with van der Waals surface area (Å²) in [6.45, 7) is 4.90. The molecule has 0 fully saturated rings. The van der Waals surface area contributed by atoms with E-state index in [9.17, 15) is 0 Å². The Labute approximate surface area is 96.6 Å². The van der Waals surface area contributed by atoms with Gasteiger partial charge in [0.25, 0.3) is 0 Å². The molecule has 0 aromatic heterocycles. The number of nitrogens with two attached hydrogens (primary N) is 1. The zero-order chi connectivity index (χ0) is 12.1. The highest BCUT2D eigenvalue weighted by atomic mass is 16.5. The molecular formula is C12H20N2O2. The maximum Gasteiger partial charge on any atom is 0.143 e. The molecule has 0 amide bonds. The van der Waals surface area contributed by atoms with Crippen LogP contribution in [0.1, 0.15) is 13.8 Å². The Bertz CT molecular complexity index is 340. The first-order valence-electron chi connectivity index (χ1n) is 5.41. The van der Waals surface area contributed by atoms with Crippen LogP contribution in [0.3, 0.4) is 0 Å². The van der Waals surface area contributed by atoms with Gasteiger partial charge < -0.3 is 20.5 Å². The van der Waals surface area contributed by atoms with Gasteiger partial charge >= 0.3 is 0 Å². The van der Waals surface area contributed by atoms with Crippen LogP contribution in [-0.4, -0.2) is 31.4 Å². The molecule has 0 bridgehead atoms. The van der Waals surface area contributed by atoms with Crippen LogP contribution in [0, 0.1) is 0 Å². The van der Waals surface area contributed by atoms with Crippen molar-refractivity contribution in [3.63, 3.8) is 0 Å². The largest absolute Gasteiger partial charge is 0.495 e. The van der Waals surface area contributed by atoms with Crippen LogP contribution < -0.4 is 15.4 Å². The number of aliphatic hydroxyl groups is 1. The summed E-state index contributed by atoms with van der Waals surface area (Å²) in [5.74, 6) is 0.668. The molecule has 0 saturated heterocycles. The molecule has 0 unspecified atom stereocenters. The normalized spacial score (nSPS) is 10.6. The number of hydrogen-bond acceptors (Lipinski definition) is 4. The molecule has 4 nitrogen and oxygen atoms in total. The molecule has 0 aliphatic heterocycles. The van der Waals surface area contributed by atoms with Crippen molar-refractivity contribution in [3.05, 3.63) is 18.2 Å². The predicted molar refractivity (Wildman–Crippen MR) is 67.0 cm³/mol. The number of rotatable bonds is 5. The summed E-state index contributed by atoms with van der Waals surface area (Å²) < 4.78 is 5.18. The predicted octanol–water partition coefficient (Wildman–Crippen LogP) is 1.48. The minimum Gasteiger partial charge on any atom is -0.495 e. The molecule has 0 heterocycles. The molecule has 4 heteroatoms. The van der Waals surface area contributed by atoms with Crippen molar-refractivity contribution >= 4 is 11.4 Å². The molecule has 1 aromatic rings. The molecule has 1 aromatic carbocycles. The van der Waals surface area contributed by atoms with Gasteiger partial charge in [0.2, 0.25) is 0 Å². The standard InChI is InChI=1S/C12H20N2O2/c1-9(2)14(6-7-15)10-4-5-11(13)12(8-10)16-3/h4-5,8-9,15H,6-7,13H2,1-3H3. The summed E-state index contributed by atoms with van der Waals surface area (Å²) in [6, 6.07) is 5.97. The van der Waals surface area contributed by atoms with Crippen LogP contribution in [0.4, 0.5) is 11.4 Å². The fourth-order valence-corrected chi connectivity index (χ4v) is 1.67. The van der Waals surface area contributed by atoms with E-state index in [1.54, 1.807) is 7.11 Å². The van der Waals surface area contributed by atoms with Gasteiger partial charge in [-0.15, -0.1) is 0 Å². The average molecular weight is 224 g/mol. The topological polar surface area (TPSA) is 58.7 Å². The van der Waals surface area contributed by atoms with Crippen molar-refractivity contribution in [3.8, 4) is 5.75 Å². The van der Waals surface area contributed by atoms with Crippen molar-refractivity contribution in [2.45, 2.75) is 19.9 Å². The maximum absolute atomic E-state index is 9.03. The molecule has 90 valence electrons. The Morgan fingerprint density at radius 1 is 1.44 bits per heavy atom. The molecule has 0 aliphatic carbocycles. The molecule has 1 rings (SSSR count). The summed E-state index contributed by atoms with van der Waals surface area (Å²) >= 11 is 0. The Morgan fingerprint density at radius 2 is 2.12 bits per heavy atom. The summed E-state index contributed by atoms with van der Waals surface area (Å²) in [4.78, 5) is 2.10. The van der Waals surface area contributed by atoms with Crippen LogP contribution in [0.15, 0.2) is 18.2 Å². The third-order valence-electron chi connectivity index (χ3n) is 2.51. The van der Waals surface area contributed by atoms with Crippen LogP contribution >= 0.6 is 0 Å². The highest BCUT2D eigenvalue weighted by Crippen LogP contribution is 2.28. The lowest BCUT2D eigenvalue weighted by Gasteiger charge is -2.28. The lowest BCUT2D eigenvalue weighted by atomic mass is 10.2. The monoisotopic (exact) mass is 224 g/mol. The highest BCUT2D eigenvalue weighted by molar-refractivity contribution is 5.62. The Kier molecular flexibility index (Phi) is 4.43. The van der Waals surface area contributed by atoms with Gasteiger partial charge in [-0.1, -0.05) is 0 Å². The second-order valence-electron chi connectivity index (χ2n) is 3.94. The Morgan fingerprint density at radius 3 is 2.62 bits per heavy atom. The fourth-order valence-electron chi connectivity index (χ4n) is 1.67. The molecule has 0 radical (unpaired) electrons. The minimum absolute atomic E-state index is 0.130. The lowest BCUT2D eigenvalue weighted by Crippen LogP contribution is -2.33. The van der Waals surface area contributed by atoms with Crippen LogP contribution in [0.25, 0.3) is 0 Å². The van der Waals surface area contributed by atoms with E-state index in [2.05, 4.69) is 18.7 Å². The van der Waals surface area contributed by atoms with Crippen molar-refractivity contribution in [1.29, 1.82) is 0 Å². The first-order chi connectivity index (χ1) is 7.60. The molecule has 0 aliphatic rings. The zero-order valence-electron chi connectivity index (χ0n) is 10.1. The smallest absolute Gasteiger partial charge is 0.143 e. The van der Waals surface area contributed by atoms with Crippen molar-refractivity contribution in [2.24, 2.45) is 0 Å². The number of aliphatic hydroxyl groups excluding tert-OH is 1.